The van der Waals surface area contributed by atoms with Crippen LogP contribution in [-0.4, -0.2) is 15.0 Å². The van der Waals surface area contributed by atoms with Gasteiger partial charge in [-0.2, -0.15) is 0 Å². The maximum atomic E-state index is 6.69. The number of hydrogen-bond donors (Lipinski definition) is 0. The Morgan fingerprint density at radius 1 is 0.476 bits per heavy atom. The molecule has 0 radical (unpaired) electrons. The highest BCUT2D eigenvalue weighted by Gasteiger charge is 2.20. The summed E-state index contributed by atoms with van der Waals surface area (Å²) in [6, 6.07) is 44.8. The highest BCUT2D eigenvalue weighted by molar-refractivity contribution is 6.32. The van der Waals surface area contributed by atoms with Gasteiger partial charge in [-0.25, -0.2) is 15.0 Å². The summed E-state index contributed by atoms with van der Waals surface area (Å²) in [6.45, 7) is 0. The Labute approximate surface area is 246 Å². The summed E-state index contributed by atoms with van der Waals surface area (Å²) in [5.41, 5.74) is 6.34. The average molecular weight is 560 g/mol. The van der Waals surface area contributed by atoms with Gasteiger partial charge in [0.05, 0.1) is 0 Å². The zero-order valence-electron chi connectivity index (χ0n) is 22.3. The summed E-state index contributed by atoms with van der Waals surface area (Å²) >= 11 is 6.69. The highest BCUT2D eigenvalue weighted by Crippen LogP contribution is 2.41. The van der Waals surface area contributed by atoms with Crippen molar-refractivity contribution in [3.8, 4) is 45.3 Å². The van der Waals surface area contributed by atoms with E-state index in [1.165, 1.54) is 0 Å². The maximum absolute atomic E-state index is 6.69. The Morgan fingerprint density at radius 3 is 1.93 bits per heavy atom. The lowest BCUT2D eigenvalue weighted by Crippen LogP contribution is -2.00. The van der Waals surface area contributed by atoms with Gasteiger partial charge in [-0.05, 0) is 34.7 Å². The van der Waals surface area contributed by atoms with E-state index in [1.54, 1.807) is 0 Å². The van der Waals surface area contributed by atoms with Gasteiger partial charge in [-0.1, -0.05) is 121 Å². The van der Waals surface area contributed by atoms with Crippen LogP contribution in [0.3, 0.4) is 0 Å². The molecule has 0 saturated heterocycles. The van der Waals surface area contributed by atoms with Gasteiger partial charge < -0.3 is 4.42 Å². The quantitative estimate of drug-likeness (QED) is 0.215. The van der Waals surface area contributed by atoms with Gasteiger partial charge >= 0.3 is 0 Å². The number of hydrogen-bond acceptors (Lipinski definition) is 4. The first-order chi connectivity index (χ1) is 20.7. The third-order valence-electron chi connectivity index (χ3n) is 7.56. The van der Waals surface area contributed by atoms with Crippen LogP contribution in [0.4, 0.5) is 0 Å². The minimum absolute atomic E-state index is 0.535. The Balaban J connectivity index is 1.39. The second-order valence-electron chi connectivity index (χ2n) is 10.2. The molecule has 0 N–H and O–H groups in total. The molecule has 4 nitrogen and oxygen atoms in total. The molecule has 0 aliphatic heterocycles. The molecule has 0 spiro atoms. The molecule has 0 amide bonds. The summed E-state index contributed by atoms with van der Waals surface area (Å²) in [5.74, 6) is 1.71. The maximum Gasteiger partial charge on any atom is 0.164 e. The van der Waals surface area contributed by atoms with Crippen LogP contribution in [0.2, 0.25) is 5.02 Å². The first-order valence-corrected chi connectivity index (χ1v) is 14.1. The van der Waals surface area contributed by atoms with Gasteiger partial charge in [0.1, 0.15) is 11.2 Å². The molecule has 6 aromatic carbocycles. The molecule has 0 unspecified atom stereocenters. The van der Waals surface area contributed by atoms with Crippen molar-refractivity contribution in [3.05, 3.63) is 138 Å². The molecule has 42 heavy (non-hydrogen) atoms. The van der Waals surface area contributed by atoms with Crippen LogP contribution in [0.1, 0.15) is 0 Å². The summed E-state index contributed by atoms with van der Waals surface area (Å²) in [4.78, 5) is 15.0. The lowest BCUT2D eigenvalue weighted by atomic mass is 10.0. The Bertz CT molecular complexity index is 2260. The zero-order valence-corrected chi connectivity index (χ0v) is 23.1. The van der Waals surface area contributed by atoms with Crippen molar-refractivity contribution >= 4 is 44.3 Å². The molecule has 2 heterocycles. The normalized spacial score (nSPS) is 11.5. The summed E-state index contributed by atoms with van der Waals surface area (Å²) in [7, 11) is 0. The topological polar surface area (TPSA) is 51.8 Å². The molecule has 0 atom stereocenters. The standard InChI is InChI=1S/C37H22ClN3O/c38-28-21-31(33-30-19-18-24-12-7-8-17-29(24)34(30)42-32(33)22-28)37-40-35(25-13-5-2-6-14-25)39-36(41-37)27-16-9-15-26(20-27)23-10-3-1-4-11-23/h1-22H. The van der Waals surface area contributed by atoms with Crippen molar-refractivity contribution in [2.45, 2.75) is 0 Å². The van der Waals surface area contributed by atoms with Crippen LogP contribution in [0.5, 0.6) is 0 Å². The van der Waals surface area contributed by atoms with E-state index in [9.17, 15) is 0 Å². The van der Waals surface area contributed by atoms with Gasteiger partial charge in [-0.15, -0.1) is 0 Å². The second kappa shape index (κ2) is 9.95. The van der Waals surface area contributed by atoms with Gasteiger partial charge in [-0.3, -0.25) is 0 Å². The number of nitrogens with zero attached hydrogens (tertiary/aromatic N) is 3. The number of furan rings is 1. The minimum Gasteiger partial charge on any atom is -0.455 e. The Morgan fingerprint density at radius 2 is 1.12 bits per heavy atom. The molecule has 2 aromatic heterocycles. The monoisotopic (exact) mass is 559 g/mol. The van der Waals surface area contributed by atoms with Crippen LogP contribution in [0.25, 0.3) is 78.0 Å². The van der Waals surface area contributed by atoms with Crippen molar-refractivity contribution in [1.29, 1.82) is 0 Å². The van der Waals surface area contributed by atoms with E-state index in [1.807, 2.05) is 84.9 Å². The van der Waals surface area contributed by atoms with E-state index >= 15 is 0 Å². The van der Waals surface area contributed by atoms with Crippen LogP contribution in [-0.2, 0) is 0 Å². The van der Waals surface area contributed by atoms with E-state index in [-0.39, 0.29) is 0 Å². The largest absolute Gasteiger partial charge is 0.455 e. The number of fused-ring (bicyclic) bond motifs is 5. The van der Waals surface area contributed by atoms with Crippen molar-refractivity contribution in [1.82, 2.24) is 15.0 Å². The van der Waals surface area contributed by atoms with E-state index in [0.29, 0.717) is 28.1 Å². The SMILES string of the molecule is Clc1cc(-c2nc(-c3ccccc3)nc(-c3cccc(-c4ccccc4)c3)n2)c2c(c1)oc1c3ccccc3ccc12. The van der Waals surface area contributed by atoms with Gasteiger partial charge in [0, 0.05) is 43.9 Å². The summed E-state index contributed by atoms with van der Waals surface area (Å²) in [5, 5.41) is 4.63. The molecule has 8 rings (SSSR count). The first-order valence-electron chi connectivity index (χ1n) is 13.7. The molecule has 0 fully saturated rings. The number of rotatable bonds is 4. The summed E-state index contributed by atoms with van der Waals surface area (Å²) in [6.07, 6.45) is 0. The van der Waals surface area contributed by atoms with Crippen molar-refractivity contribution < 1.29 is 4.42 Å². The zero-order chi connectivity index (χ0) is 28.0. The smallest absolute Gasteiger partial charge is 0.164 e. The molecule has 5 heteroatoms. The van der Waals surface area contributed by atoms with Crippen LogP contribution >= 0.6 is 11.6 Å². The number of halogens is 1. The lowest BCUT2D eigenvalue weighted by Gasteiger charge is -2.10. The molecule has 0 saturated carbocycles. The third-order valence-corrected chi connectivity index (χ3v) is 7.78. The van der Waals surface area contributed by atoms with Crippen LogP contribution in [0.15, 0.2) is 138 Å². The molecule has 0 aliphatic rings. The van der Waals surface area contributed by atoms with Crippen molar-refractivity contribution in [2.75, 3.05) is 0 Å². The number of aromatic nitrogens is 3. The number of benzene rings is 6. The highest BCUT2D eigenvalue weighted by atomic mass is 35.5. The van der Waals surface area contributed by atoms with Crippen LogP contribution < -0.4 is 0 Å². The molecular weight excluding hydrogens is 538 g/mol. The van der Waals surface area contributed by atoms with Crippen molar-refractivity contribution in [3.63, 3.8) is 0 Å². The second-order valence-corrected chi connectivity index (χ2v) is 10.6. The summed E-state index contributed by atoms with van der Waals surface area (Å²) < 4.78 is 6.45. The van der Waals surface area contributed by atoms with E-state index in [4.69, 9.17) is 31.0 Å². The lowest BCUT2D eigenvalue weighted by molar-refractivity contribution is 0.673. The Hall–Kier alpha value is -5.32. The Kier molecular flexibility index (Phi) is 5.80. The van der Waals surface area contributed by atoms with Crippen LogP contribution in [0, 0.1) is 0 Å². The fraction of sp³-hybridized carbons (Fsp3) is 0. The fourth-order valence-electron chi connectivity index (χ4n) is 5.59. The molecule has 198 valence electrons. The van der Waals surface area contributed by atoms with E-state index < -0.39 is 0 Å². The molecule has 0 bridgehead atoms. The van der Waals surface area contributed by atoms with Gasteiger partial charge in [0.2, 0.25) is 0 Å². The minimum atomic E-state index is 0.535. The van der Waals surface area contributed by atoms with Gasteiger partial charge in [0.15, 0.2) is 17.5 Å². The molecule has 0 aliphatic carbocycles. The van der Waals surface area contributed by atoms with Gasteiger partial charge in [0.25, 0.3) is 0 Å². The van der Waals surface area contributed by atoms with E-state index in [0.717, 1.165) is 54.9 Å². The molecular formula is C37H22ClN3O. The predicted molar refractivity (Wildman–Crippen MR) is 171 cm³/mol. The third kappa shape index (κ3) is 4.21. The first kappa shape index (κ1) is 24.5. The predicted octanol–water partition coefficient (Wildman–Crippen LogP) is 10.2. The fourth-order valence-corrected chi connectivity index (χ4v) is 5.79. The van der Waals surface area contributed by atoms with Crippen molar-refractivity contribution in [2.24, 2.45) is 0 Å². The molecule has 8 aromatic rings. The average Bonchev–Trinajstić information content (AvgIpc) is 3.44. The van der Waals surface area contributed by atoms with E-state index in [2.05, 4.69) is 48.5 Å².